The van der Waals surface area contributed by atoms with Gasteiger partial charge < -0.3 is 10.1 Å². The Labute approximate surface area is 159 Å². The third-order valence-electron chi connectivity index (χ3n) is 3.74. The van der Waals surface area contributed by atoms with Crippen molar-refractivity contribution in [1.29, 1.82) is 0 Å². The number of carbonyl (C=O) groups is 2. The van der Waals surface area contributed by atoms with E-state index in [2.05, 4.69) is 21.2 Å². The Bertz CT molecular complexity index is 908. The van der Waals surface area contributed by atoms with Gasteiger partial charge in [0, 0.05) is 15.7 Å². The maximum Gasteiger partial charge on any atom is 0.255 e. The summed E-state index contributed by atoms with van der Waals surface area (Å²) in [5, 5.41) is 2.84. The van der Waals surface area contributed by atoms with Gasteiger partial charge in [0.15, 0.2) is 6.29 Å². The number of hydrogen-bond acceptors (Lipinski definition) is 3. The fourth-order valence-electron chi connectivity index (χ4n) is 2.38. The van der Waals surface area contributed by atoms with Crippen molar-refractivity contribution >= 4 is 33.8 Å². The number of aldehydes is 1. The van der Waals surface area contributed by atoms with Gasteiger partial charge in [-0.05, 0) is 48.0 Å². The van der Waals surface area contributed by atoms with Crippen LogP contribution in [0.25, 0.3) is 0 Å². The number of halogens is 1. The van der Waals surface area contributed by atoms with E-state index in [9.17, 15) is 9.59 Å². The monoisotopic (exact) mass is 409 g/mol. The molecule has 0 bridgehead atoms. The van der Waals surface area contributed by atoms with E-state index in [0.29, 0.717) is 23.5 Å². The maximum absolute atomic E-state index is 12.2. The van der Waals surface area contributed by atoms with Crippen LogP contribution in [0.4, 0.5) is 5.69 Å². The Balaban J connectivity index is 1.63. The first kappa shape index (κ1) is 17.9. The summed E-state index contributed by atoms with van der Waals surface area (Å²) in [5.74, 6) is 0.355. The highest BCUT2D eigenvalue weighted by Gasteiger charge is 2.07. The maximum atomic E-state index is 12.2. The quantitative estimate of drug-likeness (QED) is 0.576. The predicted molar refractivity (Wildman–Crippen MR) is 105 cm³/mol. The summed E-state index contributed by atoms with van der Waals surface area (Å²) in [7, 11) is 0. The largest absolute Gasteiger partial charge is 0.488 e. The molecule has 0 atom stereocenters. The second kappa shape index (κ2) is 8.45. The van der Waals surface area contributed by atoms with E-state index >= 15 is 0 Å². The van der Waals surface area contributed by atoms with Crippen LogP contribution in [-0.4, -0.2) is 12.2 Å². The summed E-state index contributed by atoms with van der Waals surface area (Å²) in [5.41, 5.74) is 2.70. The highest BCUT2D eigenvalue weighted by Crippen LogP contribution is 2.22. The Morgan fingerprint density at radius 3 is 2.42 bits per heavy atom. The summed E-state index contributed by atoms with van der Waals surface area (Å²) < 4.78 is 6.53. The van der Waals surface area contributed by atoms with Crippen molar-refractivity contribution in [3.8, 4) is 5.75 Å². The average Bonchev–Trinajstić information content (AvgIpc) is 2.68. The third-order valence-corrected chi connectivity index (χ3v) is 4.23. The van der Waals surface area contributed by atoms with E-state index in [0.717, 1.165) is 22.0 Å². The molecule has 0 spiro atoms. The van der Waals surface area contributed by atoms with E-state index in [1.807, 2.05) is 48.5 Å². The number of rotatable bonds is 6. The summed E-state index contributed by atoms with van der Waals surface area (Å²) >= 11 is 3.33. The second-order valence-corrected chi connectivity index (χ2v) is 6.52. The lowest BCUT2D eigenvalue weighted by molar-refractivity contribution is 0.102. The number of nitrogens with one attached hydrogen (secondary N) is 1. The summed E-state index contributed by atoms with van der Waals surface area (Å²) in [4.78, 5) is 23.3. The molecule has 0 aliphatic heterocycles. The molecule has 0 aromatic heterocycles. The lowest BCUT2D eigenvalue weighted by Gasteiger charge is -2.10. The van der Waals surface area contributed by atoms with Gasteiger partial charge in [0.2, 0.25) is 0 Å². The molecule has 0 saturated carbocycles. The molecule has 5 heteroatoms. The molecule has 0 radical (unpaired) electrons. The van der Waals surface area contributed by atoms with Gasteiger partial charge in [-0.3, -0.25) is 9.59 Å². The molecule has 3 aromatic rings. The SMILES string of the molecule is O=Cc1cc(Br)ccc1OCc1ccc(C(=O)Nc2ccccc2)cc1. The van der Waals surface area contributed by atoms with Crippen molar-refractivity contribution in [2.75, 3.05) is 5.32 Å². The van der Waals surface area contributed by atoms with E-state index in [1.165, 1.54) is 0 Å². The first-order valence-corrected chi connectivity index (χ1v) is 8.78. The van der Waals surface area contributed by atoms with Gasteiger partial charge in [-0.1, -0.05) is 46.3 Å². The van der Waals surface area contributed by atoms with Crippen molar-refractivity contribution < 1.29 is 14.3 Å². The second-order valence-electron chi connectivity index (χ2n) is 5.61. The van der Waals surface area contributed by atoms with Gasteiger partial charge in [-0.2, -0.15) is 0 Å². The van der Waals surface area contributed by atoms with Crippen molar-refractivity contribution in [3.63, 3.8) is 0 Å². The molecule has 0 aliphatic rings. The minimum absolute atomic E-state index is 0.167. The number of hydrogen-bond donors (Lipinski definition) is 1. The number of anilines is 1. The predicted octanol–water partition coefficient (Wildman–Crippen LogP) is 5.09. The van der Waals surface area contributed by atoms with Gasteiger partial charge in [-0.25, -0.2) is 0 Å². The molecule has 1 N–H and O–H groups in total. The average molecular weight is 410 g/mol. The van der Waals surface area contributed by atoms with Crippen LogP contribution in [-0.2, 0) is 6.61 Å². The zero-order chi connectivity index (χ0) is 18.4. The normalized spacial score (nSPS) is 10.2. The number of amides is 1. The van der Waals surface area contributed by atoms with Gasteiger partial charge >= 0.3 is 0 Å². The molecule has 0 heterocycles. The van der Waals surface area contributed by atoms with Gasteiger partial charge in [0.05, 0.1) is 5.56 Å². The van der Waals surface area contributed by atoms with Crippen LogP contribution in [0.5, 0.6) is 5.75 Å². The topological polar surface area (TPSA) is 55.4 Å². The molecule has 0 saturated heterocycles. The van der Waals surface area contributed by atoms with E-state index in [4.69, 9.17) is 4.74 Å². The fourth-order valence-corrected chi connectivity index (χ4v) is 2.76. The summed E-state index contributed by atoms with van der Waals surface area (Å²) in [6, 6.07) is 21.7. The number of carbonyl (C=O) groups excluding carboxylic acids is 2. The van der Waals surface area contributed by atoms with Crippen molar-refractivity contribution in [2.45, 2.75) is 6.61 Å². The van der Waals surface area contributed by atoms with Gasteiger partial charge in [-0.15, -0.1) is 0 Å². The first-order valence-electron chi connectivity index (χ1n) is 7.98. The Morgan fingerprint density at radius 1 is 1.00 bits per heavy atom. The van der Waals surface area contributed by atoms with Crippen LogP contribution in [0.15, 0.2) is 77.3 Å². The molecule has 0 unspecified atom stereocenters. The fraction of sp³-hybridized carbons (Fsp3) is 0.0476. The molecular formula is C21H16BrNO3. The molecule has 3 rings (SSSR count). The first-order chi connectivity index (χ1) is 12.7. The van der Waals surface area contributed by atoms with Crippen molar-refractivity contribution in [1.82, 2.24) is 0 Å². The standard InChI is InChI=1S/C21H16BrNO3/c22-18-10-11-20(17(12-18)13-24)26-14-15-6-8-16(9-7-15)21(25)23-19-4-2-1-3-5-19/h1-13H,14H2,(H,23,25). The molecule has 3 aromatic carbocycles. The minimum Gasteiger partial charge on any atom is -0.488 e. The molecule has 0 fully saturated rings. The zero-order valence-corrected chi connectivity index (χ0v) is 15.4. The lowest BCUT2D eigenvalue weighted by Crippen LogP contribution is -2.11. The molecule has 26 heavy (non-hydrogen) atoms. The van der Waals surface area contributed by atoms with Crippen LogP contribution in [0.3, 0.4) is 0 Å². The third kappa shape index (κ3) is 4.58. The Morgan fingerprint density at radius 2 is 1.73 bits per heavy atom. The van der Waals surface area contributed by atoms with Gasteiger partial charge in [0.25, 0.3) is 5.91 Å². The van der Waals surface area contributed by atoms with Crippen molar-refractivity contribution in [2.24, 2.45) is 0 Å². The smallest absolute Gasteiger partial charge is 0.255 e. The van der Waals surface area contributed by atoms with E-state index in [1.54, 1.807) is 24.3 Å². The number of benzene rings is 3. The van der Waals surface area contributed by atoms with Crippen LogP contribution >= 0.6 is 15.9 Å². The minimum atomic E-state index is -0.167. The van der Waals surface area contributed by atoms with E-state index < -0.39 is 0 Å². The molecule has 1 amide bonds. The highest BCUT2D eigenvalue weighted by molar-refractivity contribution is 9.10. The molecule has 0 aliphatic carbocycles. The van der Waals surface area contributed by atoms with Crippen LogP contribution in [0, 0.1) is 0 Å². The Kier molecular flexibility index (Phi) is 5.81. The number of para-hydroxylation sites is 1. The summed E-state index contributed by atoms with van der Waals surface area (Å²) in [6.45, 7) is 0.309. The zero-order valence-electron chi connectivity index (χ0n) is 13.8. The molecule has 4 nitrogen and oxygen atoms in total. The van der Waals surface area contributed by atoms with E-state index in [-0.39, 0.29) is 5.91 Å². The summed E-state index contributed by atoms with van der Waals surface area (Å²) in [6.07, 6.45) is 0.761. The lowest BCUT2D eigenvalue weighted by atomic mass is 10.1. The molecular weight excluding hydrogens is 394 g/mol. The van der Waals surface area contributed by atoms with Crippen LogP contribution in [0.1, 0.15) is 26.3 Å². The number of ether oxygens (including phenoxy) is 1. The van der Waals surface area contributed by atoms with Gasteiger partial charge in [0.1, 0.15) is 12.4 Å². The molecule has 130 valence electrons. The van der Waals surface area contributed by atoms with Crippen LogP contribution < -0.4 is 10.1 Å². The van der Waals surface area contributed by atoms with Crippen LogP contribution in [0.2, 0.25) is 0 Å². The Hall–Kier alpha value is -2.92. The highest BCUT2D eigenvalue weighted by atomic mass is 79.9. The van der Waals surface area contributed by atoms with Crippen molar-refractivity contribution in [3.05, 3.63) is 94.0 Å².